The van der Waals surface area contributed by atoms with Gasteiger partial charge < -0.3 is 14.2 Å². The summed E-state index contributed by atoms with van der Waals surface area (Å²) in [5, 5.41) is 0. The van der Waals surface area contributed by atoms with E-state index in [0.717, 1.165) is 116 Å². The summed E-state index contributed by atoms with van der Waals surface area (Å²) in [6.45, 7) is 6.52. The fourth-order valence-electron chi connectivity index (χ4n) is 9.96. The number of unbranched alkanes of at least 4 members (excludes halogenated alkanes) is 38. The zero-order valence-electron chi connectivity index (χ0n) is 53.1. The van der Waals surface area contributed by atoms with E-state index < -0.39 is 6.10 Å². The average molecular weight is 1120 g/mol. The predicted octanol–water partition coefficient (Wildman–Crippen LogP) is 23.8. The van der Waals surface area contributed by atoms with Crippen LogP contribution in [-0.4, -0.2) is 37.2 Å². The smallest absolute Gasteiger partial charge is 0.306 e. The number of hydrogen-bond acceptors (Lipinski definition) is 6. The molecule has 80 heavy (non-hydrogen) atoms. The first-order valence-corrected chi connectivity index (χ1v) is 34.6. The van der Waals surface area contributed by atoms with Gasteiger partial charge in [-0.1, -0.05) is 324 Å². The van der Waals surface area contributed by atoms with Crippen molar-refractivity contribution >= 4 is 17.9 Å². The molecule has 6 heteroatoms. The van der Waals surface area contributed by atoms with Crippen molar-refractivity contribution in [2.24, 2.45) is 0 Å². The van der Waals surface area contributed by atoms with Crippen LogP contribution in [0.3, 0.4) is 0 Å². The molecule has 0 aromatic carbocycles. The average Bonchev–Trinajstić information content (AvgIpc) is 3.46. The molecule has 0 amide bonds. The molecule has 0 rings (SSSR count). The molecule has 0 saturated carbocycles. The van der Waals surface area contributed by atoms with Gasteiger partial charge in [0.1, 0.15) is 13.2 Å². The number of hydrogen-bond donors (Lipinski definition) is 0. The minimum Gasteiger partial charge on any atom is -0.462 e. The third kappa shape index (κ3) is 65.4. The summed E-state index contributed by atoms with van der Waals surface area (Å²) in [6.07, 6.45) is 90.3. The van der Waals surface area contributed by atoms with Crippen molar-refractivity contribution in [2.75, 3.05) is 13.2 Å². The van der Waals surface area contributed by atoms with Crippen LogP contribution in [0.2, 0.25) is 0 Å². The Balaban J connectivity index is 4.31. The Kier molecular flexibility index (Phi) is 65.2. The molecule has 1 unspecified atom stereocenters. The lowest BCUT2D eigenvalue weighted by molar-refractivity contribution is -0.167. The standard InChI is InChI=1S/C74H130O6/c1-4-7-10-13-16-19-22-25-28-30-32-34-36-37-39-40-42-44-46-49-52-55-58-61-64-67-73(76)79-70-71(69-78-72(75)66-63-60-57-54-51-48-27-24-21-18-15-12-9-6-3)80-74(77)68-65-62-59-56-53-50-47-45-43-41-38-35-33-31-29-26-23-20-17-14-11-8-5-2/h7,10,15-16,18-19,24-25,27-28,32,34,37,39,71H,4-6,8-9,11-14,17,20-23,26,29-31,33,35-36,38,40-70H2,1-3H3/b10-7-,18-15-,19-16-,27-24-,28-25-,34-32-,39-37-. The Labute approximate surface area is 496 Å². The van der Waals surface area contributed by atoms with Gasteiger partial charge in [-0.2, -0.15) is 0 Å². The highest BCUT2D eigenvalue weighted by molar-refractivity contribution is 5.71. The topological polar surface area (TPSA) is 78.9 Å². The van der Waals surface area contributed by atoms with Gasteiger partial charge in [-0.3, -0.25) is 14.4 Å². The maximum absolute atomic E-state index is 13.0. The van der Waals surface area contributed by atoms with Crippen molar-refractivity contribution in [3.05, 3.63) is 85.1 Å². The van der Waals surface area contributed by atoms with E-state index in [0.29, 0.717) is 19.3 Å². The molecule has 0 heterocycles. The first-order valence-electron chi connectivity index (χ1n) is 34.6. The van der Waals surface area contributed by atoms with Crippen molar-refractivity contribution in [3.8, 4) is 0 Å². The first kappa shape index (κ1) is 76.6. The summed E-state index contributed by atoms with van der Waals surface area (Å²) in [5.74, 6) is -0.882. The van der Waals surface area contributed by atoms with Crippen molar-refractivity contribution in [1.29, 1.82) is 0 Å². The van der Waals surface area contributed by atoms with Crippen molar-refractivity contribution in [1.82, 2.24) is 0 Å². The third-order valence-corrected chi connectivity index (χ3v) is 15.1. The highest BCUT2D eigenvalue weighted by Crippen LogP contribution is 2.18. The van der Waals surface area contributed by atoms with Crippen molar-refractivity contribution in [2.45, 2.75) is 354 Å². The maximum atomic E-state index is 13.0. The second-order valence-electron chi connectivity index (χ2n) is 23.1. The zero-order chi connectivity index (χ0) is 57.8. The van der Waals surface area contributed by atoms with Crippen LogP contribution in [-0.2, 0) is 28.6 Å². The Morgan fingerprint density at radius 2 is 0.500 bits per heavy atom. The van der Waals surface area contributed by atoms with Gasteiger partial charge in [-0.25, -0.2) is 0 Å². The number of ether oxygens (including phenoxy) is 3. The lowest BCUT2D eigenvalue weighted by Crippen LogP contribution is -2.30. The van der Waals surface area contributed by atoms with E-state index in [1.54, 1.807) is 0 Å². The van der Waals surface area contributed by atoms with Crippen molar-refractivity contribution in [3.63, 3.8) is 0 Å². The maximum Gasteiger partial charge on any atom is 0.306 e. The number of rotatable bonds is 63. The van der Waals surface area contributed by atoms with Crippen LogP contribution in [0.15, 0.2) is 85.1 Å². The Morgan fingerprint density at radius 1 is 0.263 bits per heavy atom. The van der Waals surface area contributed by atoms with Gasteiger partial charge in [-0.15, -0.1) is 0 Å². The van der Waals surface area contributed by atoms with E-state index in [1.807, 2.05) is 0 Å². The first-order chi connectivity index (χ1) is 39.5. The van der Waals surface area contributed by atoms with E-state index in [4.69, 9.17) is 14.2 Å². The molecule has 6 nitrogen and oxygen atoms in total. The van der Waals surface area contributed by atoms with E-state index in [2.05, 4.69) is 106 Å². The van der Waals surface area contributed by atoms with Gasteiger partial charge in [0.25, 0.3) is 0 Å². The number of allylic oxidation sites excluding steroid dienone is 14. The summed E-state index contributed by atoms with van der Waals surface area (Å²) in [4.78, 5) is 38.4. The molecule has 0 N–H and O–H groups in total. The van der Waals surface area contributed by atoms with Gasteiger partial charge in [-0.05, 0) is 89.9 Å². The lowest BCUT2D eigenvalue weighted by atomic mass is 10.0. The Hall–Kier alpha value is -3.41. The molecule has 0 aliphatic rings. The normalized spacial score (nSPS) is 12.6. The second-order valence-corrected chi connectivity index (χ2v) is 23.1. The highest BCUT2D eigenvalue weighted by Gasteiger charge is 2.19. The summed E-state index contributed by atoms with van der Waals surface area (Å²) < 4.78 is 17.0. The summed E-state index contributed by atoms with van der Waals surface area (Å²) in [7, 11) is 0. The van der Waals surface area contributed by atoms with Gasteiger partial charge >= 0.3 is 17.9 Å². The summed E-state index contributed by atoms with van der Waals surface area (Å²) in [5.41, 5.74) is 0. The predicted molar refractivity (Wildman–Crippen MR) is 348 cm³/mol. The minimum atomic E-state index is -0.785. The molecule has 0 aromatic heterocycles. The molecule has 0 saturated heterocycles. The van der Waals surface area contributed by atoms with Crippen LogP contribution >= 0.6 is 0 Å². The molecule has 0 radical (unpaired) electrons. The monoisotopic (exact) mass is 1110 g/mol. The number of esters is 3. The van der Waals surface area contributed by atoms with Crippen LogP contribution in [0.1, 0.15) is 348 Å². The van der Waals surface area contributed by atoms with Crippen LogP contribution in [0.4, 0.5) is 0 Å². The van der Waals surface area contributed by atoms with E-state index >= 15 is 0 Å². The van der Waals surface area contributed by atoms with Gasteiger partial charge in [0.2, 0.25) is 0 Å². The molecule has 0 aromatic rings. The molecule has 0 aliphatic carbocycles. The largest absolute Gasteiger partial charge is 0.462 e. The molecule has 1 atom stereocenters. The third-order valence-electron chi connectivity index (χ3n) is 15.1. The summed E-state index contributed by atoms with van der Waals surface area (Å²) in [6, 6.07) is 0. The zero-order valence-corrected chi connectivity index (χ0v) is 53.1. The van der Waals surface area contributed by atoms with E-state index in [9.17, 15) is 14.4 Å². The van der Waals surface area contributed by atoms with Crippen LogP contribution in [0.25, 0.3) is 0 Å². The SMILES string of the molecule is CC/C=C\C/C=C\C/C=C\C/C=C\C/C=C\CCCCCCCCCCCC(=O)OCC(COC(=O)CCCCCCC/C=C\C/C=C\CCCC)OC(=O)CCCCCCCCCCCCCCCCCCCCCCCCC. The van der Waals surface area contributed by atoms with Gasteiger partial charge in [0, 0.05) is 19.3 Å². The minimum absolute atomic E-state index is 0.0814. The molecule has 0 aliphatic heterocycles. The molecule has 0 bridgehead atoms. The van der Waals surface area contributed by atoms with Crippen LogP contribution < -0.4 is 0 Å². The Morgan fingerprint density at radius 3 is 0.800 bits per heavy atom. The van der Waals surface area contributed by atoms with E-state index in [1.165, 1.54) is 193 Å². The summed E-state index contributed by atoms with van der Waals surface area (Å²) >= 11 is 0. The highest BCUT2D eigenvalue weighted by atomic mass is 16.6. The second kappa shape index (κ2) is 68.1. The van der Waals surface area contributed by atoms with Gasteiger partial charge in [0.15, 0.2) is 6.10 Å². The quantitative estimate of drug-likeness (QED) is 0.0261. The molecular weight excluding hydrogens is 985 g/mol. The van der Waals surface area contributed by atoms with Gasteiger partial charge in [0.05, 0.1) is 0 Å². The molecule has 0 fully saturated rings. The molecule has 0 spiro atoms. The molecule has 462 valence electrons. The lowest BCUT2D eigenvalue weighted by Gasteiger charge is -2.18. The van der Waals surface area contributed by atoms with Crippen LogP contribution in [0, 0.1) is 0 Å². The van der Waals surface area contributed by atoms with E-state index in [-0.39, 0.29) is 31.1 Å². The Bertz CT molecular complexity index is 1520. The number of carbonyl (C=O) groups is 3. The fraction of sp³-hybridized carbons (Fsp3) is 0.770. The fourth-order valence-corrected chi connectivity index (χ4v) is 9.96. The molecular formula is C74H130O6. The van der Waals surface area contributed by atoms with Crippen molar-refractivity contribution < 1.29 is 28.6 Å². The van der Waals surface area contributed by atoms with Crippen LogP contribution in [0.5, 0.6) is 0 Å². The number of carbonyl (C=O) groups excluding carboxylic acids is 3.